The van der Waals surface area contributed by atoms with Gasteiger partial charge in [0.1, 0.15) is 5.58 Å². The average Bonchev–Trinajstić information content (AvgIpc) is 3.16. The molecule has 1 aromatic heterocycles. The van der Waals surface area contributed by atoms with E-state index in [1.807, 2.05) is 45.0 Å². The lowest BCUT2D eigenvalue weighted by Gasteiger charge is -2.11. The van der Waals surface area contributed by atoms with E-state index in [0.29, 0.717) is 23.4 Å². The quantitative estimate of drug-likeness (QED) is 0.495. The Morgan fingerprint density at radius 2 is 1.78 bits per heavy atom. The molecule has 8 heteroatoms. The van der Waals surface area contributed by atoms with Crippen LogP contribution < -0.4 is 10.6 Å². The van der Waals surface area contributed by atoms with Gasteiger partial charge in [-0.2, -0.15) is 0 Å². The van der Waals surface area contributed by atoms with E-state index in [9.17, 15) is 14.4 Å². The highest BCUT2D eigenvalue weighted by atomic mass is 16.5. The first-order valence-electron chi connectivity index (χ1n) is 10.3. The minimum atomic E-state index is -0.772. The van der Waals surface area contributed by atoms with Gasteiger partial charge in [-0.1, -0.05) is 30.3 Å². The summed E-state index contributed by atoms with van der Waals surface area (Å²) in [6.07, 6.45) is 0. The molecule has 0 bridgehead atoms. The van der Waals surface area contributed by atoms with Gasteiger partial charge in [0.05, 0.1) is 13.2 Å². The number of rotatable bonds is 9. The molecule has 168 valence electrons. The maximum absolute atomic E-state index is 12.5. The number of benzene rings is 2. The van der Waals surface area contributed by atoms with Crippen LogP contribution in [0.25, 0.3) is 11.0 Å². The van der Waals surface area contributed by atoms with E-state index in [1.165, 1.54) is 0 Å². The molecule has 0 atom stereocenters. The van der Waals surface area contributed by atoms with Crippen LogP contribution in [-0.2, 0) is 25.7 Å². The summed E-state index contributed by atoms with van der Waals surface area (Å²) >= 11 is 0. The first-order valence-corrected chi connectivity index (χ1v) is 10.3. The second-order valence-corrected chi connectivity index (χ2v) is 7.19. The first kappa shape index (κ1) is 23.0. The van der Waals surface area contributed by atoms with Crippen molar-refractivity contribution >= 4 is 34.4 Å². The van der Waals surface area contributed by atoms with Crippen molar-refractivity contribution in [2.45, 2.75) is 27.4 Å². The number of nitrogens with one attached hydrogen (secondary N) is 2. The van der Waals surface area contributed by atoms with Gasteiger partial charge in [0, 0.05) is 23.2 Å². The molecule has 0 fully saturated rings. The largest absolute Gasteiger partial charge is 0.450 e. The van der Waals surface area contributed by atoms with E-state index in [2.05, 4.69) is 10.6 Å². The number of aryl methyl sites for hydroxylation is 1. The SMILES string of the molecule is CCOCc1c(C(=O)OCC(=O)NCC(=O)Nc2cccc(C)c2C)oc2ccccc12. The number of hydrogen-bond donors (Lipinski definition) is 2. The third kappa shape index (κ3) is 5.53. The summed E-state index contributed by atoms with van der Waals surface area (Å²) in [5, 5.41) is 5.93. The van der Waals surface area contributed by atoms with Gasteiger partial charge in [0.15, 0.2) is 6.61 Å². The van der Waals surface area contributed by atoms with Crippen LogP contribution >= 0.6 is 0 Å². The minimum Gasteiger partial charge on any atom is -0.450 e. The molecule has 3 aromatic rings. The highest BCUT2D eigenvalue weighted by Crippen LogP contribution is 2.27. The molecule has 3 rings (SSSR count). The summed E-state index contributed by atoms with van der Waals surface area (Å²) < 4.78 is 16.2. The number of para-hydroxylation sites is 1. The number of hydrogen-bond acceptors (Lipinski definition) is 6. The lowest BCUT2D eigenvalue weighted by atomic mass is 10.1. The maximum atomic E-state index is 12.5. The van der Waals surface area contributed by atoms with Gasteiger partial charge >= 0.3 is 5.97 Å². The van der Waals surface area contributed by atoms with Crippen molar-refractivity contribution in [3.63, 3.8) is 0 Å². The van der Waals surface area contributed by atoms with Gasteiger partial charge in [-0.25, -0.2) is 4.79 Å². The van der Waals surface area contributed by atoms with Crippen LogP contribution in [0.1, 0.15) is 34.2 Å². The standard InChI is InChI=1S/C24H26N2O6/c1-4-30-13-18-17-9-5-6-11-20(17)32-23(18)24(29)31-14-22(28)25-12-21(27)26-19-10-7-8-15(2)16(19)3/h5-11H,4,12-14H2,1-3H3,(H,25,28)(H,26,27). The molecule has 0 unspecified atom stereocenters. The van der Waals surface area contributed by atoms with Gasteiger partial charge in [-0.3, -0.25) is 9.59 Å². The summed E-state index contributed by atoms with van der Waals surface area (Å²) in [5.41, 5.74) is 3.78. The summed E-state index contributed by atoms with van der Waals surface area (Å²) in [4.78, 5) is 36.7. The minimum absolute atomic E-state index is 0.000107. The Bertz CT molecular complexity index is 1130. The van der Waals surface area contributed by atoms with E-state index in [0.717, 1.165) is 16.5 Å². The molecule has 2 aromatic carbocycles. The third-order valence-corrected chi connectivity index (χ3v) is 4.99. The first-order chi connectivity index (χ1) is 15.4. The molecule has 2 amide bonds. The predicted octanol–water partition coefficient (Wildman–Crippen LogP) is 3.50. The lowest BCUT2D eigenvalue weighted by molar-refractivity contribution is -0.126. The van der Waals surface area contributed by atoms with Crippen LogP contribution in [0, 0.1) is 13.8 Å². The number of furan rings is 1. The summed E-state index contributed by atoms with van der Waals surface area (Å²) in [5.74, 6) is -1.75. The molecule has 0 saturated heterocycles. The highest BCUT2D eigenvalue weighted by molar-refractivity contribution is 5.98. The van der Waals surface area contributed by atoms with E-state index < -0.39 is 18.5 Å². The zero-order valence-electron chi connectivity index (χ0n) is 18.3. The Hall–Kier alpha value is -3.65. The van der Waals surface area contributed by atoms with Crippen molar-refractivity contribution in [1.82, 2.24) is 5.32 Å². The Labute approximate surface area is 185 Å². The molecule has 0 aliphatic rings. The zero-order chi connectivity index (χ0) is 23.1. The molecule has 0 saturated carbocycles. The lowest BCUT2D eigenvalue weighted by Crippen LogP contribution is -2.35. The summed E-state index contributed by atoms with van der Waals surface area (Å²) in [6.45, 7) is 5.57. The number of carbonyl (C=O) groups is 3. The molecule has 8 nitrogen and oxygen atoms in total. The van der Waals surface area contributed by atoms with Crippen LogP contribution in [-0.4, -0.2) is 37.5 Å². The fourth-order valence-corrected chi connectivity index (χ4v) is 3.12. The zero-order valence-corrected chi connectivity index (χ0v) is 18.3. The van der Waals surface area contributed by atoms with Crippen molar-refractivity contribution in [3.05, 3.63) is 64.9 Å². The number of carbonyl (C=O) groups excluding carboxylic acids is 3. The maximum Gasteiger partial charge on any atom is 0.375 e. The normalized spacial score (nSPS) is 10.7. The van der Waals surface area contributed by atoms with E-state index >= 15 is 0 Å². The molecular weight excluding hydrogens is 412 g/mol. The van der Waals surface area contributed by atoms with Crippen LogP contribution in [0.3, 0.4) is 0 Å². The van der Waals surface area contributed by atoms with Crippen LogP contribution in [0.2, 0.25) is 0 Å². The Balaban J connectivity index is 1.54. The van der Waals surface area contributed by atoms with Gasteiger partial charge in [-0.05, 0) is 44.0 Å². The fraction of sp³-hybridized carbons (Fsp3) is 0.292. The number of esters is 1. The second kappa shape index (κ2) is 10.6. The number of amides is 2. The summed E-state index contributed by atoms with van der Waals surface area (Å²) in [6, 6.07) is 12.8. The Morgan fingerprint density at radius 3 is 2.56 bits per heavy atom. The topological polar surface area (TPSA) is 107 Å². The summed E-state index contributed by atoms with van der Waals surface area (Å²) in [7, 11) is 0. The van der Waals surface area contributed by atoms with Crippen molar-refractivity contribution in [3.8, 4) is 0 Å². The molecule has 32 heavy (non-hydrogen) atoms. The van der Waals surface area contributed by atoms with E-state index in [-0.39, 0.29) is 24.8 Å². The third-order valence-electron chi connectivity index (χ3n) is 4.99. The van der Waals surface area contributed by atoms with Gasteiger partial charge in [0.2, 0.25) is 11.7 Å². The smallest absolute Gasteiger partial charge is 0.375 e. The monoisotopic (exact) mass is 438 g/mol. The van der Waals surface area contributed by atoms with Crippen molar-refractivity contribution < 1.29 is 28.3 Å². The van der Waals surface area contributed by atoms with Gasteiger partial charge in [0.25, 0.3) is 5.91 Å². The highest BCUT2D eigenvalue weighted by Gasteiger charge is 2.22. The van der Waals surface area contributed by atoms with E-state index in [1.54, 1.807) is 18.2 Å². The predicted molar refractivity (Wildman–Crippen MR) is 119 cm³/mol. The molecule has 0 aliphatic heterocycles. The Kier molecular flexibility index (Phi) is 7.62. The van der Waals surface area contributed by atoms with E-state index in [4.69, 9.17) is 13.9 Å². The van der Waals surface area contributed by atoms with Crippen LogP contribution in [0.4, 0.5) is 5.69 Å². The van der Waals surface area contributed by atoms with Crippen molar-refractivity contribution in [2.75, 3.05) is 25.1 Å². The van der Waals surface area contributed by atoms with Gasteiger partial charge in [-0.15, -0.1) is 0 Å². The van der Waals surface area contributed by atoms with Crippen LogP contribution in [0.5, 0.6) is 0 Å². The molecule has 2 N–H and O–H groups in total. The number of anilines is 1. The Morgan fingerprint density at radius 1 is 1.00 bits per heavy atom. The number of fused-ring (bicyclic) bond motifs is 1. The number of ether oxygens (including phenoxy) is 2. The fourth-order valence-electron chi connectivity index (χ4n) is 3.12. The molecule has 0 radical (unpaired) electrons. The molecule has 0 aliphatic carbocycles. The molecular formula is C24H26N2O6. The van der Waals surface area contributed by atoms with Crippen molar-refractivity contribution in [2.24, 2.45) is 0 Å². The van der Waals surface area contributed by atoms with Crippen LogP contribution in [0.15, 0.2) is 46.9 Å². The molecule has 0 spiro atoms. The van der Waals surface area contributed by atoms with Crippen molar-refractivity contribution in [1.29, 1.82) is 0 Å². The average molecular weight is 438 g/mol. The second-order valence-electron chi connectivity index (χ2n) is 7.19. The molecule has 1 heterocycles. The van der Waals surface area contributed by atoms with Gasteiger partial charge < -0.3 is 24.5 Å².